The summed E-state index contributed by atoms with van der Waals surface area (Å²) in [7, 11) is 0. The van der Waals surface area contributed by atoms with Crippen molar-refractivity contribution in [3.8, 4) is 0 Å². The number of fused-ring (bicyclic) bond motifs is 1. The number of aromatic nitrogens is 1. The molecular weight excluding hydrogens is 226 g/mol. The van der Waals surface area contributed by atoms with Crippen molar-refractivity contribution in [1.82, 2.24) is 4.57 Å². The first-order valence-electron chi connectivity index (χ1n) is 6.56. The smallest absolute Gasteiger partial charge is 0.0623 e. The van der Waals surface area contributed by atoms with E-state index in [1.807, 2.05) is 18.2 Å². The molecule has 4 N–H and O–H groups in total. The Morgan fingerprint density at radius 3 is 2.83 bits per heavy atom. The summed E-state index contributed by atoms with van der Waals surface area (Å²) in [6.07, 6.45) is 6.84. The molecule has 0 spiro atoms. The van der Waals surface area contributed by atoms with Gasteiger partial charge in [0.05, 0.1) is 11.2 Å². The maximum Gasteiger partial charge on any atom is 0.0623 e. The molecule has 0 saturated heterocycles. The summed E-state index contributed by atoms with van der Waals surface area (Å²) in [6.45, 7) is 0. The second-order valence-corrected chi connectivity index (χ2v) is 5.12. The van der Waals surface area contributed by atoms with Crippen LogP contribution in [0.4, 0.5) is 5.69 Å². The lowest BCUT2D eigenvalue weighted by molar-refractivity contribution is 0.312. The Balaban J connectivity index is 2.05. The Hall–Kier alpha value is -1.52. The molecule has 4 nitrogen and oxygen atoms in total. The minimum Gasteiger partial charge on any atom is -0.343 e. The van der Waals surface area contributed by atoms with Crippen LogP contribution in [0.2, 0.25) is 0 Å². The molecule has 1 fully saturated rings. The SMILES string of the molecule is N[C@@H]1CCCC[C@@H]1n1ccc2ccc(NO)cc21. The maximum absolute atomic E-state index is 9.00. The Bertz CT molecular complexity index is 549. The minimum atomic E-state index is 0.236. The van der Waals surface area contributed by atoms with Crippen LogP contribution in [0.5, 0.6) is 0 Å². The summed E-state index contributed by atoms with van der Waals surface area (Å²) in [6, 6.07) is 8.58. The summed E-state index contributed by atoms with van der Waals surface area (Å²) < 4.78 is 2.26. The lowest BCUT2D eigenvalue weighted by Crippen LogP contribution is -2.34. The lowest BCUT2D eigenvalue weighted by atomic mass is 9.91. The van der Waals surface area contributed by atoms with Crippen LogP contribution in [0.3, 0.4) is 0 Å². The van der Waals surface area contributed by atoms with Crippen LogP contribution in [0, 0.1) is 0 Å². The first-order valence-corrected chi connectivity index (χ1v) is 6.56. The fourth-order valence-electron chi connectivity index (χ4n) is 2.99. The van der Waals surface area contributed by atoms with Gasteiger partial charge in [0, 0.05) is 18.3 Å². The number of anilines is 1. The topological polar surface area (TPSA) is 63.2 Å². The Morgan fingerprint density at radius 2 is 2.06 bits per heavy atom. The Labute approximate surface area is 106 Å². The summed E-state index contributed by atoms with van der Waals surface area (Å²) in [5, 5.41) is 10.2. The van der Waals surface area contributed by atoms with Crippen molar-refractivity contribution in [1.29, 1.82) is 0 Å². The molecule has 0 amide bonds. The fraction of sp³-hybridized carbons (Fsp3) is 0.429. The molecular formula is C14H19N3O. The van der Waals surface area contributed by atoms with E-state index in [2.05, 4.69) is 22.3 Å². The van der Waals surface area contributed by atoms with Crippen molar-refractivity contribution < 1.29 is 5.21 Å². The van der Waals surface area contributed by atoms with Gasteiger partial charge in [-0.3, -0.25) is 10.7 Å². The molecule has 96 valence electrons. The quantitative estimate of drug-likeness (QED) is 0.713. The molecule has 2 atom stereocenters. The average Bonchev–Trinajstić information content (AvgIpc) is 2.82. The van der Waals surface area contributed by atoms with E-state index in [1.54, 1.807) is 0 Å². The van der Waals surface area contributed by atoms with Gasteiger partial charge in [-0.15, -0.1) is 0 Å². The number of nitrogens with two attached hydrogens (primary N) is 1. The highest BCUT2D eigenvalue weighted by Gasteiger charge is 2.23. The third-order valence-electron chi connectivity index (χ3n) is 3.99. The zero-order valence-corrected chi connectivity index (χ0v) is 10.3. The van der Waals surface area contributed by atoms with E-state index in [0.717, 1.165) is 18.4 Å². The second kappa shape index (κ2) is 4.63. The van der Waals surface area contributed by atoms with Crippen LogP contribution in [0.25, 0.3) is 10.9 Å². The number of benzene rings is 1. The second-order valence-electron chi connectivity index (χ2n) is 5.12. The predicted octanol–water partition coefficient (Wildman–Crippen LogP) is 2.88. The third kappa shape index (κ3) is 1.87. The average molecular weight is 245 g/mol. The molecule has 4 heteroatoms. The van der Waals surface area contributed by atoms with E-state index >= 15 is 0 Å². The van der Waals surface area contributed by atoms with E-state index in [0.29, 0.717) is 11.7 Å². The van der Waals surface area contributed by atoms with Crippen LogP contribution in [-0.4, -0.2) is 15.8 Å². The highest BCUT2D eigenvalue weighted by atomic mass is 16.5. The molecule has 0 radical (unpaired) electrons. The first-order chi connectivity index (χ1) is 8.79. The van der Waals surface area contributed by atoms with Crippen LogP contribution in [0.15, 0.2) is 30.5 Å². The van der Waals surface area contributed by atoms with Gasteiger partial charge in [0.2, 0.25) is 0 Å². The van der Waals surface area contributed by atoms with E-state index in [-0.39, 0.29) is 6.04 Å². The highest BCUT2D eigenvalue weighted by Crippen LogP contribution is 2.31. The van der Waals surface area contributed by atoms with Crippen LogP contribution < -0.4 is 11.2 Å². The van der Waals surface area contributed by atoms with E-state index in [4.69, 9.17) is 10.9 Å². The molecule has 0 bridgehead atoms. The van der Waals surface area contributed by atoms with Gasteiger partial charge in [0.15, 0.2) is 0 Å². The van der Waals surface area contributed by atoms with Gasteiger partial charge < -0.3 is 10.3 Å². The lowest BCUT2D eigenvalue weighted by Gasteiger charge is -2.30. The summed E-state index contributed by atoms with van der Waals surface area (Å²) in [5.41, 5.74) is 10.3. The van der Waals surface area contributed by atoms with Crippen LogP contribution in [0.1, 0.15) is 31.7 Å². The van der Waals surface area contributed by atoms with Gasteiger partial charge in [-0.2, -0.15) is 0 Å². The summed E-state index contributed by atoms with van der Waals surface area (Å²) in [5.74, 6) is 0. The van der Waals surface area contributed by atoms with Crippen molar-refractivity contribution >= 4 is 16.6 Å². The number of rotatable bonds is 2. The monoisotopic (exact) mass is 245 g/mol. The predicted molar refractivity (Wildman–Crippen MR) is 72.8 cm³/mol. The molecule has 1 aromatic carbocycles. The van der Waals surface area contributed by atoms with Crippen LogP contribution >= 0.6 is 0 Å². The molecule has 1 heterocycles. The summed E-state index contributed by atoms with van der Waals surface area (Å²) >= 11 is 0. The molecule has 3 rings (SSSR count). The van der Waals surface area contributed by atoms with Gasteiger partial charge in [-0.25, -0.2) is 0 Å². The van der Waals surface area contributed by atoms with E-state index < -0.39 is 0 Å². The molecule has 18 heavy (non-hydrogen) atoms. The molecule has 2 aromatic rings. The van der Waals surface area contributed by atoms with Gasteiger partial charge in [0.25, 0.3) is 0 Å². The molecule has 0 unspecified atom stereocenters. The maximum atomic E-state index is 9.00. The minimum absolute atomic E-state index is 0.236. The van der Waals surface area contributed by atoms with Crippen LogP contribution in [-0.2, 0) is 0 Å². The van der Waals surface area contributed by atoms with Gasteiger partial charge >= 0.3 is 0 Å². The molecule has 1 aromatic heterocycles. The fourth-order valence-corrected chi connectivity index (χ4v) is 2.99. The van der Waals surface area contributed by atoms with Gasteiger partial charge in [-0.05, 0) is 36.4 Å². The molecule has 1 aliphatic rings. The van der Waals surface area contributed by atoms with Crippen molar-refractivity contribution in [3.05, 3.63) is 30.5 Å². The molecule has 0 aliphatic heterocycles. The summed E-state index contributed by atoms with van der Waals surface area (Å²) in [4.78, 5) is 0. The van der Waals surface area contributed by atoms with Gasteiger partial charge in [-0.1, -0.05) is 18.9 Å². The normalized spacial score (nSPS) is 24.3. The van der Waals surface area contributed by atoms with Crippen molar-refractivity contribution in [2.45, 2.75) is 37.8 Å². The van der Waals surface area contributed by atoms with Crippen molar-refractivity contribution in [2.75, 3.05) is 5.48 Å². The first kappa shape index (κ1) is 11.6. The zero-order valence-electron chi connectivity index (χ0n) is 10.3. The Kier molecular flexibility index (Phi) is 2.97. The van der Waals surface area contributed by atoms with Crippen molar-refractivity contribution in [3.63, 3.8) is 0 Å². The number of hydrogen-bond donors (Lipinski definition) is 3. The highest BCUT2D eigenvalue weighted by molar-refractivity contribution is 5.83. The number of nitrogens with one attached hydrogen (secondary N) is 1. The number of nitrogens with zero attached hydrogens (tertiary/aromatic N) is 1. The number of hydrogen-bond acceptors (Lipinski definition) is 3. The largest absolute Gasteiger partial charge is 0.343 e. The molecule has 1 saturated carbocycles. The van der Waals surface area contributed by atoms with E-state index in [1.165, 1.54) is 18.2 Å². The Morgan fingerprint density at radius 1 is 1.22 bits per heavy atom. The van der Waals surface area contributed by atoms with E-state index in [9.17, 15) is 0 Å². The van der Waals surface area contributed by atoms with Crippen molar-refractivity contribution in [2.24, 2.45) is 5.73 Å². The molecule has 1 aliphatic carbocycles. The third-order valence-corrected chi connectivity index (χ3v) is 3.99. The zero-order chi connectivity index (χ0) is 12.5. The standard InChI is InChI=1S/C14H19N3O/c15-12-3-1-2-4-13(12)17-8-7-10-5-6-11(16-18)9-14(10)17/h5-9,12-13,16,18H,1-4,15H2/t12-,13+/m1/s1. The van der Waals surface area contributed by atoms with Gasteiger partial charge in [0.1, 0.15) is 0 Å².